The second-order valence-corrected chi connectivity index (χ2v) is 26.1. The summed E-state index contributed by atoms with van der Waals surface area (Å²) in [7, 11) is 0. The molecule has 476 valence electrons. The Labute approximate surface area is 591 Å². The summed E-state index contributed by atoms with van der Waals surface area (Å²) in [6, 6.07) is 131. The van der Waals surface area contributed by atoms with Crippen molar-refractivity contribution in [2.24, 2.45) is 0 Å². The minimum Gasteiger partial charge on any atom is -0.310 e. The largest absolute Gasteiger partial charge is 0.310 e. The summed E-state index contributed by atoms with van der Waals surface area (Å²) in [5.41, 5.74) is 26.0. The van der Waals surface area contributed by atoms with Gasteiger partial charge >= 0.3 is 0 Å². The molecule has 101 heavy (non-hydrogen) atoms. The van der Waals surface area contributed by atoms with Crippen LogP contribution < -0.4 is 9.80 Å². The number of rotatable bonds is 8. The summed E-state index contributed by atoms with van der Waals surface area (Å²) in [6.45, 7) is 0. The minimum atomic E-state index is -0.00645. The average molecular weight is 1310 g/mol. The molecule has 0 aliphatic carbocycles. The lowest BCUT2D eigenvalue weighted by molar-refractivity contribution is 0.103. The number of fused-ring (bicyclic) bond motifs is 28. The Morgan fingerprint density at radius 1 is 0.208 bits per heavy atom. The van der Waals surface area contributed by atoms with Gasteiger partial charge in [-0.1, -0.05) is 254 Å². The summed E-state index contributed by atoms with van der Waals surface area (Å²) >= 11 is 1.77. The van der Waals surface area contributed by atoms with Gasteiger partial charge in [-0.3, -0.25) is 4.79 Å². The number of para-hydroxylation sites is 1. The van der Waals surface area contributed by atoms with E-state index in [9.17, 15) is 4.79 Å². The van der Waals surface area contributed by atoms with Gasteiger partial charge in [-0.05, 0) is 178 Å². The first-order valence-corrected chi connectivity index (χ1v) is 34.6. The molecule has 20 bridgehead atoms. The number of aromatic nitrogens is 4. The van der Waals surface area contributed by atoms with Crippen LogP contribution in [0.3, 0.4) is 0 Å². The Kier molecular flexibility index (Phi) is 16.7. The van der Waals surface area contributed by atoms with Crippen molar-refractivity contribution in [1.29, 1.82) is 0 Å². The highest BCUT2D eigenvalue weighted by Gasteiger charge is 2.21. The third kappa shape index (κ3) is 13.1. The molecule has 0 saturated heterocycles. The molecule has 14 aromatic carbocycles. The zero-order valence-corrected chi connectivity index (χ0v) is 55.6. The number of anilines is 6. The van der Waals surface area contributed by atoms with Crippen LogP contribution in [0.4, 0.5) is 34.1 Å². The fourth-order valence-corrected chi connectivity index (χ4v) is 14.2. The predicted octanol–water partition coefficient (Wildman–Crippen LogP) is 24.6. The van der Waals surface area contributed by atoms with E-state index in [4.69, 9.17) is 19.9 Å². The molecule has 0 amide bonds. The van der Waals surface area contributed by atoms with Crippen molar-refractivity contribution >= 4 is 51.7 Å². The van der Waals surface area contributed by atoms with Crippen molar-refractivity contribution in [3.05, 3.63) is 387 Å². The van der Waals surface area contributed by atoms with Crippen LogP contribution in [0.5, 0.6) is 0 Å². The normalized spacial score (nSPS) is 11.6. The van der Waals surface area contributed by atoms with E-state index < -0.39 is 0 Å². The Hall–Kier alpha value is -13.1. The molecule has 0 unspecified atom stereocenters. The minimum absolute atomic E-state index is 0.00645. The average Bonchev–Trinajstić information content (AvgIpc) is 0.789. The summed E-state index contributed by atoms with van der Waals surface area (Å²) in [6.07, 6.45) is 0. The molecule has 0 atom stereocenters. The summed E-state index contributed by atoms with van der Waals surface area (Å²) < 4.78 is 0. The summed E-state index contributed by atoms with van der Waals surface area (Å²) in [5.74, 6) is 1.33. The fourth-order valence-electron chi connectivity index (χ4n) is 13.4. The molecular formula is C93H62N6OS. The van der Waals surface area contributed by atoms with Crippen molar-refractivity contribution in [2.45, 2.75) is 9.79 Å². The van der Waals surface area contributed by atoms with Crippen LogP contribution >= 0.6 is 11.8 Å². The molecule has 0 fully saturated rings. The number of benzene rings is 14. The van der Waals surface area contributed by atoms with E-state index in [2.05, 4.69) is 313 Å². The monoisotopic (exact) mass is 1310 g/mol. The van der Waals surface area contributed by atoms with E-state index >= 15 is 0 Å². The van der Waals surface area contributed by atoms with E-state index in [-0.39, 0.29) is 5.78 Å². The molecule has 2 aliphatic rings. The quantitative estimate of drug-likeness (QED) is 0.139. The SMILES string of the molecule is O=C(c1ccccc1)c1ccc(-c2cc3nc(n2)-c2cccc(c2)-c2cccc(c2)N(c2ccccc2)c2cccc(c2)-c2cccc-3c2)cc1.c1ccc(Sc2ccc(N3c4cccc(c4)-c4cccc(c4)-c4cc(-c5ccccc5)nc(n4)-c4cccc(c4)-c4cccc3c4)cc2)cc1. The highest BCUT2D eigenvalue weighted by molar-refractivity contribution is 7.99. The van der Waals surface area contributed by atoms with E-state index in [1.807, 2.05) is 72.8 Å². The van der Waals surface area contributed by atoms with Crippen LogP contribution in [0.15, 0.2) is 386 Å². The van der Waals surface area contributed by atoms with Gasteiger partial charge in [-0.15, -0.1) is 0 Å². The summed E-state index contributed by atoms with van der Waals surface area (Å²) in [5, 5.41) is 0. The molecule has 0 N–H and O–H groups in total. The van der Waals surface area contributed by atoms with Crippen molar-refractivity contribution in [3.63, 3.8) is 0 Å². The Balaban J connectivity index is 0.000000151. The van der Waals surface area contributed by atoms with E-state index in [1.54, 1.807) is 11.8 Å². The number of carbonyl (C=O) groups excluding carboxylic acids is 1. The third-order valence-corrected chi connectivity index (χ3v) is 19.4. The molecule has 7 nitrogen and oxygen atoms in total. The highest BCUT2D eigenvalue weighted by atomic mass is 32.2. The first kappa shape index (κ1) is 61.5. The molecule has 4 heterocycles. The molecule has 2 aliphatic heterocycles. The van der Waals surface area contributed by atoms with Crippen LogP contribution in [0.25, 0.3) is 112 Å². The van der Waals surface area contributed by atoms with Gasteiger partial charge in [0.15, 0.2) is 17.4 Å². The van der Waals surface area contributed by atoms with Gasteiger partial charge < -0.3 is 9.80 Å². The maximum absolute atomic E-state index is 13.2. The zero-order chi connectivity index (χ0) is 67.4. The van der Waals surface area contributed by atoms with Crippen LogP contribution in [0.2, 0.25) is 0 Å². The van der Waals surface area contributed by atoms with Gasteiger partial charge in [-0.2, -0.15) is 0 Å². The van der Waals surface area contributed by atoms with Crippen LogP contribution in [-0.4, -0.2) is 25.7 Å². The maximum Gasteiger partial charge on any atom is 0.193 e. The molecule has 0 spiro atoms. The van der Waals surface area contributed by atoms with Gasteiger partial charge in [-0.25, -0.2) is 19.9 Å². The number of hydrogen-bond acceptors (Lipinski definition) is 8. The van der Waals surface area contributed by atoms with E-state index in [0.29, 0.717) is 22.8 Å². The van der Waals surface area contributed by atoms with Gasteiger partial charge in [0.05, 0.1) is 22.8 Å². The molecule has 16 aromatic rings. The van der Waals surface area contributed by atoms with Gasteiger partial charge in [0, 0.05) is 88.4 Å². The van der Waals surface area contributed by atoms with Crippen LogP contribution in [0, 0.1) is 0 Å². The number of nitrogens with zero attached hydrogens (tertiary/aromatic N) is 6. The standard InChI is InChI=1S/C47H31N3O.C46H31N3S/c51-46(33-11-3-1-4-12-33)34-25-23-32(24-26-34)44-31-45-39-17-7-13-35(27-39)37-15-9-21-42(29-37)50(41-19-5-2-6-20-41)43-22-10-16-38(30-43)36-14-8-18-40(28-36)47(48-44)49-45;1-3-11-32(12-4-1)44-31-45-37-17-7-13-33(27-37)35-15-9-19-40(29-35)49(39-23-25-43(26-24-39)50-42-21-5-2-6-22-42)41-20-10-16-36(30-41)34-14-8-18-38(28-34)46(47-44)48-45/h1-31H;1-31H. The first-order chi connectivity index (χ1) is 49.9. The Bertz CT molecular complexity index is 5500. The van der Waals surface area contributed by atoms with Crippen LogP contribution in [-0.2, 0) is 0 Å². The van der Waals surface area contributed by atoms with Gasteiger partial charge in [0.25, 0.3) is 0 Å². The van der Waals surface area contributed by atoms with Crippen molar-refractivity contribution in [1.82, 2.24) is 19.9 Å². The summed E-state index contributed by atoms with van der Waals surface area (Å²) in [4.78, 5) is 40.8. The molecule has 0 radical (unpaired) electrons. The van der Waals surface area contributed by atoms with Crippen molar-refractivity contribution in [3.8, 4) is 112 Å². The first-order valence-electron chi connectivity index (χ1n) is 33.8. The predicted molar refractivity (Wildman–Crippen MR) is 415 cm³/mol. The number of carbonyl (C=O) groups is 1. The molecule has 0 saturated carbocycles. The Morgan fingerprint density at radius 3 is 0.911 bits per heavy atom. The number of hydrogen-bond donors (Lipinski definition) is 0. The third-order valence-electron chi connectivity index (χ3n) is 18.4. The molecule has 8 heteroatoms. The van der Waals surface area contributed by atoms with Crippen LogP contribution in [0.1, 0.15) is 15.9 Å². The molecular weight excluding hydrogens is 1250 g/mol. The van der Waals surface area contributed by atoms with Gasteiger partial charge in [0.1, 0.15) is 0 Å². The maximum atomic E-state index is 13.2. The number of ketones is 1. The molecule has 2 aromatic heterocycles. The topological polar surface area (TPSA) is 75.1 Å². The fraction of sp³-hybridized carbons (Fsp3) is 0. The van der Waals surface area contributed by atoms with E-state index in [0.717, 1.165) is 135 Å². The molecule has 18 rings (SSSR count). The lowest BCUT2D eigenvalue weighted by atomic mass is 9.98. The second kappa shape index (κ2) is 27.4. The van der Waals surface area contributed by atoms with Crippen molar-refractivity contribution < 1.29 is 4.79 Å². The van der Waals surface area contributed by atoms with Crippen molar-refractivity contribution in [2.75, 3.05) is 9.80 Å². The van der Waals surface area contributed by atoms with E-state index in [1.165, 1.54) is 9.79 Å². The zero-order valence-electron chi connectivity index (χ0n) is 54.8. The second-order valence-electron chi connectivity index (χ2n) is 25.0. The smallest absolute Gasteiger partial charge is 0.193 e. The lowest BCUT2D eigenvalue weighted by Gasteiger charge is -2.27. The highest BCUT2D eigenvalue weighted by Crippen LogP contribution is 2.44. The van der Waals surface area contributed by atoms with Gasteiger partial charge in [0.2, 0.25) is 0 Å². The Morgan fingerprint density at radius 2 is 0.485 bits per heavy atom. The lowest BCUT2D eigenvalue weighted by Crippen LogP contribution is -2.10.